The molecule has 0 saturated carbocycles. The van der Waals surface area contributed by atoms with E-state index in [1.807, 2.05) is 0 Å². The fourth-order valence-electron chi connectivity index (χ4n) is 3.06. The fraction of sp³-hybridized carbons (Fsp3) is 0.136. The highest BCUT2D eigenvalue weighted by molar-refractivity contribution is 7.99. The lowest BCUT2D eigenvalue weighted by molar-refractivity contribution is -0.113. The Bertz CT molecular complexity index is 1390. The summed E-state index contributed by atoms with van der Waals surface area (Å²) in [7, 11) is 1.51. The van der Waals surface area contributed by atoms with Crippen molar-refractivity contribution in [3.05, 3.63) is 74.6 Å². The van der Waals surface area contributed by atoms with Gasteiger partial charge >= 0.3 is 0 Å². The highest BCUT2D eigenvalue weighted by atomic mass is 35.5. The van der Waals surface area contributed by atoms with Gasteiger partial charge in [0.2, 0.25) is 5.91 Å². The number of methoxy groups -OCH3 is 1. The van der Waals surface area contributed by atoms with Crippen LogP contribution in [0.3, 0.4) is 0 Å². The van der Waals surface area contributed by atoms with Gasteiger partial charge in [0.15, 0.2) is 5.16 Å². The van der Waals surface area contributed by atoms with Crippen molar-refractivity contribution in [2.75, 3.05) is 18.2 Å². The normalized spacial score (nSPS) is 11.0. The predicted octanol–water partition coefficient (Wildman–Crippen LogP) is 5.29. The van der Waals surface area contributed by atoms with Gasteiger partial charge in [-0.1, -0.05) is 23.4 Å². The molecule has 6 nitrogen and oxygen atoms in total. The molecule has 1 amide bonds. The van der Waals surface area contributed by atoms with E-state index in [2.05, 4.69) is 10.3 Å². The number of rotatable bonds is 6. The first-order valence-electron chi connectivity index (χ1n) is 9.40. The number of fused-ring (bicyclic) bond motifs is 1. The lowest BCUT2D eigenvalue weighted by Crippen LogP contribution is -2.22. The van der Waals surface area contributed by atoms with Gasteiger partial charge in [0.05, 0.1) is 29.1 Å². The number of anilines is 1. The minimum Gasteiger partial charge on any atom is -0.495 e. The van der Waals surface area contributed by atoms with Gasteiger partial charge in [-0.2, -0.15) is 0 Å². The largest absolute Gasteiger partial charge is 0.495 e. The van der Waals surface area contributed by atoms with Gasteiger partial charge in [-0.05, 0) is 60.3 Å². The predicted molar refractivity (Wildman–Crippen MR) is 127 cm³/mol. The molecule has 0 fully saturated rings. The molecule has 1 N–H and O–H groups in total. The second-order valence-electron chi connectivity index (χ2n) is 6.79. The SMILES string of the molecule is COc1ccc(NC(=O)CSc2nc3ccsc3c(=O)n2-c2ccc(F)c(C)c2)cc1Cl. The molecule has 0 radical (unpaired) electrons. The van der Waals surface area contributed by atoms with Crippen LogP contribution in [-0.4, -0.2) is 28.3 Å². The maximum Gasteiger partial charge on any atom is 0.276 e. The molecule has 4 aromatic rings. The van der Waals surface area contributed by atoms with Crippen LogP contribution < -0.4 is 15.6 Å². The Morgan fingerprint density at radius 2 is 2.09 bits per heavy atom. The molecule has 0 aliphatic carbocycles. The Balaban J connectivity index is 1.62. The van der Waals surface area contributed by atoms with Gasteiger partial charge < -0.3 is 10.1 Å². The summed E-state index contributed by atoms with van der Waals surface area (Å²) in [6.45, 7) is 1.63. The van der Waals surface area contributed by atoms with Crippen molar-refractivity contribution in [2.24, 2.45) is 0 Å². The van der Waals surface area contributed by atoms with E-state index in [4.69, 9.17) is 16.3 Å². The average molecular weight is 490 g/mol. The second kappa shape index (κ2) is 9.32. The zero-order valence-corrected chi connectivity index (χ0v) is 19.4. The van der Waals surface area contributed by atoms with Crippen LogP contribution in [-0.2, 0) is 4.79 Å². The van der Waals surface area contributed by atoms with Gasteiger partial charge in [0, 0.05) is 5.69 Å². The summed E-state index contributed by atoms with van der Waals surface area (Å²) in [5.74, 6) is -0.145. The lowest BCUT2D eigenvalue weighted by atomic mass is 10.2. The van der Waals surface area contributed by atoms with E-state index >= 15 is 0 Å². The number of hydrogen-bond acceptors (Lipinski definition) is 6. The van der Waals surface area contributed by atoms with Crippen LogP contribution in [0.5, 0.6) is 5.75 Å². The minimum absolute atomic E-state index is 0.00586. The molecular formula is C22H17ClFN3O3S2. The molecule has 0 aliphatic rings. The van der Waals surface area contributed by atoms with Crippen LogP contribution in [0.1, 0.15) is 5.56 Å². The number of thiophene rings is 1. The van der Waals surface area contributed by atoms with Crippen molar-refractivity contribution in [1.29, 1.82) is 0 Å². The van der Waals surface area contributed by atoms with Crippen LogP contribution >= 0.6 is 34.7 Å². The number of ether oxygens (including phenoxy) is 1. The number of thioether (sulfide) groups is 1. The van der Waals surface area contributed by atoms with Crippen LogP contribution in [0.15, 0.2) is 57.8 Å². The van der Waals surface area contributed by atoms with E-state index in [9.17, 15) is 14.0 Å². The van der Waals surface area contributed by atoms with Gasteiger partial charge in [0.1, 0.15) is 16.3 Å². The number of aryl methyl sites for hydroxylation is 1. The van der Waals surface area contributed by atoms with Crippen LogP contribution in [0, 0.1) is 12.7 Å². The molecule has 2 aromatic heterocycles. The summed E-state index contributed by atoms with van der Waals surface area (Å²) in [6.07, 6.45) is 0. The third-order valence-electron chi connectivity index (χ3n) is 4.62. The number of hydrogen-bond donors (Lipinski definition) is 1. The summed E-state index contributed by atoms with van der Waals surface area (Å²) >= 11 is 8.51. The fourth-order valence-corrected chi connectivity index (χ4v) is 4.89. The van der Waals surface area contributed by atoms with Crippen LogP contribution in [0.25, 0.3) is 15.9 Å². The summed E-state index contributed by atoms with van der Waals surface area (Å²) in [5.41, 5.74) is 1.71. The number of amides is 1. The molecule has 0 spiro atoms. The third kappa shape index (κ3) is 4.50. The third-order valence-corrected chi connectivity index (χ3v) is 6.74. The molecule has 164 valence electrons. The molecule has 32 heavy (non-hydrogen) atoms. The zero-order valence-electron chi connectivity index (χ0n) is 17.0. The van der Waals surface area contributed by atoms with Gasteiger partial charge in [-0.3, -0.25) is 14.2 Å². The smallest absolute Gasteiger partial charge is 0.276 e. The van der Waals surface area contributed by atoms with E-state index < -0.39 is 0 Å². The van der Waals surface area contributed by atoms with Crippen molar-refractivity contribution in [3.63, 3.8) is 0 Å². The Morgan fingerprint density at radius 3 is 2.81 bits per heavy atom. The molecule has 10 heteroatoms. The summed E-state index contributed by atoms with van der Waals surface area (Å²) in [5, 5.41) is 5.27. The standard InChI is InChI=1S/C22H17ClFN3O3S2/c1-12-9-14(4-5-16(12)24)27-21(29)20-17(7-8-31-20)26-22(27)32-11-19(28)25-13-3-6-18(30-2)15(23)10-13/h3-10H,11H2,1-2H3,(H,25,28). The molecule has 0 atom stereocenters. The molecule has 2 heterocycles. The van der Waals surface area contributed by atoms with E-state index in [-0.39, 0.29) is 23.0 Å². The quantitative estimate of drug-likeness (QED) is 0.294. The first-order valence-corrected chi connectivity index (χ1v) is 11.6. The van der Waals surface area contributed by atoms with E-state index in [1.165, 1.54) is 35.1 Å². The number of halogens is 2. The van der Waals surface area contributed by atoms with Gasteiger partial charge in [-0.15, -0.1) is 11.3 Å². The molecule has 0 saturated heterocycles. The topological polar surface area (TPSA) is 73.2 Å². The maximum atomic E-state index is 13.8. The molecule has 0 unspecified atom stereocenters. The van der Waals surface area contributed by atoms with Crippen molar-refractivity contribution < 1.29 is 13.9 Å². The highest BCUT2D eigenvalue weighted by Gasteiger charge is 2.17. The van der Waals surface area contributed by atoms with E-state index in [0.717, 1.165) is 11.8 Å². The second-order valence-corrected chi connectivity index (χ2v) is 9.06. The monoisotopic (exact) mass is 489 g/mol. The van der Waals surface area contributed by atoms with Crippen molar-refractivity contribution in [1.82, 2.24) is 9.55 Å². The summed E-state index contributed by atoms with van der Waals surface area (Å²) in [6, 6.07) is 11.1. The Labute approximate surface area is 196 Å². The molecule has 0 bridgehead atoms. The maximum absolute atomic E-state index is 13.8. The van der Waals surface area contributed by atoms with Crippen LogP contribution in [0.4, 0.5) is 10.1 Å². The number of benzene rings is 2. The molecule has 0 aliphatic heterocycles. The molecular weight excluding hydrogens is 473 g/mol. The zero-order chi connectivity index (χ0) is 22.8. The Morgan fingerprint density at radius 1 is 1.28 bits per heavy atom. The highest BCUT2D eigenvalue weighted by Crippen LogP contribution is 2.28. The summed E-state index contributed by atoms with van der Waals surface area (Å²) < 4.78 is 20.8. The minimum atomic E-state index is -0.362. The Hall–Kier alpha value is -2.88. The van der Waals surface area contributed by atoms with E-state index in [1.54, 1.807) is 42.6 Å². The number of aromatic nitrogens is 2. The average Bonchev–Trinajstić information content (AvgIpc) is 3.24. The van der Waals surface area contributed by atoms with Crippen LogP contribution in [0.2, 0.25) is 5.02 Å². The number of carbonyl (C=O) groups excluding carboxylic acids is 1. The first kappa shape index (κ1) is 22.3. The van der Waals surface area contributed by atoms with Crippen molar-refractivity contribution >= 4 is 56.5 Å². The Kier molecular flexibility index (Phi) is 6.50. The van der Waals surface area contributed by atoms with Crippen molar-refractivity contribution in [2.45, 2.75) is 12.1 Å². The molecule has 2 aromatic carbocycles. The summed E-state index contributed by atoms with van der Waals surface area (Å²) in [4.78, 5) is 30.2. The lowest BCUT2D eigenvalue weighted by Gasteiger charge is -2.13. The van der Waals surface area contributed by atoms with E-state index in [0.29, 0.717) is 43.1 Å². The number of nitrogens with zero attached hydrogens (tertiary/aromatic N) is 2. The van der Waals surface area contributed by atoms with Gasteiger partial charge in [-0.25, -0.2) is 9.37 Å². The molecule has 4 rings (SSSR count). The van der Waals surface area contributed by atoms with Gasteiger partial charge in [0.25, 0.3) is 5.56 Å². The number of carbonyl (C=O) groups is 1. The number of nitrogens with one attached hydrogen (secondary N) is 1. The van der Waals surface area contributed by atoms with Crippen molar-refractivity contribution in [3.8, 4) is 11.4 Å². The first-order chi connectivity index (χ1) is 15.4.